The van der Waals surface area contributed by atoms with Crippen molar-refractivity contribution in [3.8, 4) is 5.75 Å². The van der Waals surface area contributed by atoms with E-state index in [1.54, 1.807) is 37.5 Å². The third kappa shape index (κ3) is 5.49. The zero-order valence-electron chi connectivity index (χ0n) is 14.4. The molecule has 2 N–H and O–H groups in total. The molecule has 5 heteroatoms. The van der Waals surface area contributed by atoms with E-state index in [1.165, 1.54) is 6.08 Å². The number of amides is 2. The Bertz CT molecular complexity index is 752. The van der Waals surface area contributed by atoms with Gasteiger partial charge >= 0.3 is 0 Å². The van der Waals surface area contributed by atoms with E-state index < -0.39 is 0 Å². The molecule has 0 saturated carbocycles. The van der Waals surface area contributed by atoms with Gasteiger partial charge in [0.1, 0.15) is 5.75 Å². The highest BCUT2D eigenvalue weighted by molar-refractivity contribution is 6.07. The Morgan fingerprint density at radius 1 is 1.08 bits per heavy atom. The number of ether oxygens (including phenoxy) is 1. The lowest BCUT2D eigenvalue weighted by atomic mass is 10.1. The van der Waals surface area contributed by atoms with Gasteiger partial charge in [0.15, 0.2) is 0 Å². The number of carbonyl (C=O) groups is 2. The summed E-state index contributed by atoms with van der Waals surface area (Å²) in [5.41, 5.74) is 1.81. The van der Waals surface area contributed by atoms with E-state index in [1.807, 2.05) is 31.2 Å². The van der Waals surface area contributed by atoms with Crippen molar-refractivity contribution in [2.45, 2.75) is 13.3 Å². The van der Waals surface area contributed by atoms with Crippen molar-refractivity contribution >= 4 is 23.6 Å². The second-order valence-corrected chi connectivity index (χ2v) is 5.40. The van der Waals surface area contributed by atoms with Crippen LogP contribution in [0.3, 0.4) is 0 Å². The number of anilines is 1. The molecule has 5 nitrogen and oxygen atoms in total. The highest BCUT2D eigenvalue weighted by atomic mass is 16.5. The van der Waals surface area contributed by atoms with E-state index in [9.17, 15) is 9.59 Å². The molecule has 0 unspecified atom stereocenters. The molecule has 0 fully saturated rings. The van der Waals surface area contributed by atoms with Crippen molar-refractivity contribution in [3.05, 3.63) is 65.7 Å². The van der Waals surface area contributed by atoms with E-state index in [0.717, 1.165) is 17.7 Å². The third-order valence-corrected chi connectivity index (χ3v) is 3.51. The molecule has 0 atom stereocenters. The van der Waals surface area contributed by atoms with Gasteiger partial charge in [-0.05, 0) is 42.3 Å². The summed E-state index contributed by atoms with van der Waals surface area (Å²) in [6.45, 7) is 2.58. The van der Waals surface area contributed by atoms with Crippen molar-refractivity contribution < 1.29 is 14.3 Å². The van der Waals surface area contributed by atoms with Crippen LogP contribution in [0.2, 0.25) is 0 Å². The lowest BCUT2D eigenvalue weighted by molar-refractivity contribution is -0.111. The van der Waals surface area contributed by atoms with Crippen LogP contribution in [0.15, 0.2) is 54.6 Å². The normalized spacial score (nSPS) is 10.5. The fraction of sp³-hybridized carbons (Fsp3) is 0.200. The van der Waals surface area contributed by atoms with Crippen LogP contribution >= 0.6 is 0 Å². The monoisotopic (exact) mass is 338 g/mol. The lowest BCUT2D eigenvalue weighted by Gasteiger charge is -2.10. The van der Waals surface area contributed by atoms with Crippen molar-refractivity contribution in [1.82, 2.24) is 5.32 Å². The second-order valence-electron chi connectivity index (χ2n) is 5.40. The molecular weight excluding hydrogens is 316 g/mol. The Labute approximate surface area is 147 Å². The van der Waals surface area contributed by atoms with Crippen molar-refractivity contribution in [1.29, 1.82) is 0 Å². The molecule has 0 aliphatic carbocycles. The predicted molar refractivity (Wildman–Crippen MR) is 99.7 cm³/mol. The Balaban J connectivity index is 2.04. The van der Waals surface area contributed by atoms with Crippen LogP contribution < -0.4 is 15.4 Å². The molecule has 0 aromatic heterocycles. The van der Waals surface area contributed by atoms with Gasteiger partial charge in [0.05, 0.1) is 18.4 Å². The molecule has 0 bridgehead atoms. The summed E-state index contributed by atoms with van der Waals surface area (Å²) in [4.78, 5) is 24.3. The first kappa shape index (κ1) is 18.3. The molecule has 0 saturated heterocycles. The molecule has 2 aromatic carbocycles. The van der Waals surface area contributed by atoms with Crippen LogP contribution in [-0.4, -0.2) is 25.5 Å². The van der Waals surface area contributed by atoms with Crippen LogP contribution in [0.4, 0.5) is 5.69 Å². The van der Waals surface area contributed by atoms with Crippen molar-refractivity contribution in [2.75, 3.05) is 19.0 Å². The molecule has 0 aliphatic rings. The molecule has 0 aliphatic heterocycles. The highest BCUT2D eigenvalue weighted by Crippen LogP contribution is 2.16. The molecular formula is C20H22N2O3. The van der Waals surface area contributed by atoms with Gasteiger partial charge in [0, 0.05) is 12.6 Å². The zero-order chi connectivity index (χ0) is 18.1. The molecule has 2 amide bonds. The first-order chi connectivity index (χ1) is 12.1. The Morgan fingerprint density at radius 2 is 1.80 bits per heavy atom. The standard InChI is InChI=1S/C20H22N2O3/c1-3-14-21-20(24)17-6-4-5-7-18(17)22-19(23)13-10-15-8-11-16(25-2)12-9-15/h4-13H,3,14H2,1-2H3,(H,21,24)(H,22,23)/b13-10+. The second kappa shape index (κ2) is 9.27. The van der Waals surface area contributed by atoms with E-state index in [2.05, 4.69) is 10.6 Å². The van der Waals surface area contributed by atoms with Gasteiger partial charge in [-0.3, -0.25) is 9.59 Å². The van der Waals surface area contributed by atoms with Crippen LogP contribution in [0.1, 0.15) is 29.3 Å². The van der Waals surface area contributed by atoms with E-state index in [-0.39, 0.29) is 11.8 Å². The number of hydrogen-bond donors (Lipinski definition) is 2. The Hall–Kier alpha value is -3.08. The average molecular weight is 338 g/mol. The van der Waals surface area contributed by atoms with Gasteiger partial charge in [-0.1, -0.05) is 31.2 Å². The van der Waals surface area contributed by atoms with Crippen LogP contribution in [0, 0.1) is 0 Å². The van der Waals surface area contributed by atoms with Crippen LogP contribution in [0.25, 0.3) is 6.08 Å². The van der Waals surface area contributed by atoms with Gasteiger partial charge in [-0.15, -0.1) is 0 Å². The number of nitrogens with one attached hydrogen (secondary N) is 2. The van der Waals surface area contributed by atoms with E-state index in [4.69, 9.17) is 4.74 Å². The Kier molecular flexibility index (Phi) is 6.77. The van der Waals surface area contributed by atoms with E-state index in [0.29, 0.717) is 17.8 Å². The topological polar surface area (TPSA) is 67.4 Å². The highest BCUT2D eigenvalue weighted by Gasteiger charge is 2.11. The minimum atomic E-state index is -0.299. The van der Waals surface area contributed by atoms with Crippen molar-refractivity contribution in [2.24, 2.45) is 0 Å². The Morgan fingerprint density at radius 3 is 2.48 bits per heavy atom. The lowest BCUT2D eigenvalue weighted by Crippen LogP contribution is -2.25. The summed E-state index contributed by atoms with van der Waals surface area (Å²) in [6.07, 6.45) is 3.99. The summed E-state index contributed by atoms with van der Waals surface area (Å²) >= 11 is 0. The number of methoxy groups -OCH3 is 1. The minimum absolute atomic E-state index is 0.197. The molecule has 25 heavy (non-hydrogen) atoms. The van der Waals surface area contributed by atoms with Gasteiger partial charge < -0.3 is 15.4 Å². The summed E-state index contributed by atoms with van der Waals surface area (Å²) in [5, 5.41) is 5.56. The van der Waals surface area contributed by atoms with Crippen molar-refractivity contribution in [3.63, 3.8) is 0 Å². The summed E-state index contributed by atoms with van der Waals surface area (Å²) in [7, 11) is 1.60. The first-order valence-corrected chi connectivity index (χ1v) is 8.14. The molecule has 0 spiro atoms. The summed E-state index contributed by atoms with van der Waals surface area (Å²) in [5.74, 6) is 0.261. The molecule has 2 aromatic rings. The van der Waals surface area contributed by atoms with E-state index >= 15 is 0 Å². The molecule has 130 valence electrons. The fourth-order valence-corrected chi connectivity index (χ4v) is 2.19. The quantitative estimate of drug-likeness (QED) is 0.760. The predicted octanol–water partition coefficient (Wildman–Crippen LogP) is 3.49. The van der Waals surface area contributed by atoms with Gasteiger partial charge in [0.25, 0.3) is 5.91 Å². The number of carbonyl (C=O) groups excluding carboxylic acids is 2. The maximum absolute atomic E-state index is 12.2. The molecule has 0 radical (unpaired) electrons. The largest absolute Gasteiger partial charge is 0.497 e. The smallest absolute Gasteiger partial charge is 0.253 e. The molecule has 0 heterocycles. The maximum atomic E-state index is 12.2. The first-order valence-electron chi connectivity index (χ1n) is 8.14. The van der Waals surface area contributed by atoms with Gasteiger partial charge in [-0.2, -0.15) is 0 Å². The summed E-state index contributed by atoms with van der Waals surface area (Å²) in [6, 6.07) is 14.3. The van der Waals surface area contributed by atoms with Crippen LogP contribution in [-0.2, 0) is 4.79 Å². The fourth-order valence-electron chi connectivity index (χ4n) is 2.19. The third-order valence-electron chi connectivity index (χ3n) is 3.51. The number of para-hydroxylation sites is 1. The molecule has 2 rings (SSSR count). The van der Waals surface area contributed by atoms with Gasteiger partial charge in [0.2, 0.25) is 5.91 Å². The van der Waals surface area contributed by atoms with Crippen LogP contribution in [0.5, 0.6) is 5.75 Å². The SMILES string of the molecule is CCCNC(=O)c1ccccc1NC(=O)/C=C/c1ccc(OC)cc1. The average Bonchev–Trinajstić information content (AvgIpc) is 2.65. The van der Waals surface area contributed by atoms with Gasteiger partial charge in [-0.25, -0.2) is 0 Å². The zero-order valence-corrected chi connectivity index (χ0v) is 14.4. The maximum Gasteiger partial charge on any atom is 0.253 e. The number of rotatable bonds is 7. The number of hydrogen-bond acceptors (Lipinski definition) is 3. The number of benzene rings is 2. The summed E-state index contributed by atoms with van der Waals surface area (Å²) < 4.78 is 5.10. The minimum Gasteiger partial charge on any atom is -0.497 e.